The van der Waals surface area contributed by atoms with E-state index in [1.54, 1.807) is 13.8 Å². The normalized spacial score (nSPS) is 11.8. The lowest BCUT2D eigenvalue weighted by atomic mass is 9.99. The molecule has 0 heterocycles. The van der Waals surface area contributed by atoms with Crippen LogP contribution in [0.5, 0.6) is 5.75 Å². The molecule has 0 amide bonds. The number of benzene rings is 1. The molecule has 1 aromatic carbocycles. The van der Waals surface area contributed by atoms with Gasteiger partial charge in [-0.3, -0.25) is 0 Å². The summed E-state index contributed by atoms with van der Waals surface area (Å²) in [5, 5.41) is 17.9. The van der Waals surface area contributed by atoms with Crippen LogP contribution in [-0.4, -0.2) is 16.8 Å². The zero-order chi connectivity index (χ0) is 11.6. The fourth-order valence-electron chi connectivity index (χ4n) is 1.37. The smallest absolute Gasteiger partial charge is 0.279 e. The first-order valence-electron chi connectivity index (χ1n) is 4.68. The summed E-state index contributed by atoms with van der Waals surface area (Å²) in [6.07, 6.45) is -0.678. The van der Waals surface area contributed by atoms with Gasteiger partial charge < -0.3 is 10.2 Å². The highest BCUT2D eigenvalue weighted by molar-refractivity contribution is 5.43. The lowest BCUT2D eigenvalue weighted by Gasteiger charge is -2.18. The monoisotopic (exact) mass is 216 g/mol. The van der Waals surface area contributed by atoms with Gasteiger partial charge in [0.2, 0.25) is 0 Å². The Hall–Kier alpha value is -1.16. The maximum Gasteiger partial charge on any atom is 0.279 e. The molecule has 0 aliphatic carbocycles. The van der Waals surface area contributed by atoms with Gasteiger partial charge in [-0.05, 0) is 37.1 Å². The Morgan fingerprint density at radius 3 is 2.27 bits per heavy atom. The van der Waals surface area contributed by atoms with Gasteiger partial charge >= 0.3 is 0 Å². The molecule has 0 aliphatic rings. The summed E-state index contributed by atoms with van der Waals surface area (Å²) in [6.45, 7) is 2.83. The molecule has 0 saturated heterocycles. The Balaban J connectivity index is 3.19. The maximum absolute atomic E-state index is 13.4. The number of rotatable bonds is 3. The van der Waals surface area contributed by atoms with Gasteiger partial charge in [-0.2, -0.15) is 0 Å². The number of aliphatic hydroxyl groups excluding tert-OH is 1. The van der Waals surface area contributed by atoms with Crippen LogP contribution in [0.3, 0.4) is 0 Å². The van der Waals surface area contributed by atoms with Crippen molar-refractivity contribution in [3.05, 3.63) is 28.8 Å². The average Bonchev–Trinajstić information content (AvgIpc) is 2.11. The second-order valence-electron chi connectivity index (χ2n) is 3.63. The van der Waals surface area contributed by atoms with Crippen molar-refractivity contribution in [2.24, 2.45) is 0 Å². The molecule has 0 radical (unpaired) electrons. The first-order valence-corrected chi connectivity index (χ1v) is 4.68. The van der Waals surface area contributed by atoms with Crippen LogP contribution in [0.2, 0.25) is 0 Å². The summed E-state index contributed by atoms with van der Waals surface area (Å²) in [6, 6.07) is 2.58. The zero-order valence-electron chi connectivity index (χ0n) is 8.72. The van der Waals surface area contributed by atoms with Crippen LogP contribution in [0.1, 0.15) is 23.1 Å². The number of alkyl halides is 2. The number of halogens is 2. The van der Waals surface area contributed by atoms with Crippen molar-refractivity contribution < 1.29 is 19.0 Å². The largest absolute Gasteiger partial charge is 0.507 e. The zero-order valence-corrected chi connectivity index (χ0v) is 8.72. The summed E-state index contributed by atoms with van der Waals surface area (Å²) in [5.74, 6) is -3.60. The van der Waals surface area contributed by atoms with E-state index in [9.17, 15) is 13.9 Å². The van der Waals surface area contributed by atoms with Crippen LogP contribution in [0.4, 0.5) is 8.78 Å². The fraction of sp³-hybridized carbons (Fsp3) is 0.455. The van der Waals surface area contributed by atoms with Crippen LogP contribution in [0.15, 0.2) is 12.1 Å². The van der Waals surface area contributed by atoms with Gasteiger partial charge in [0.25, 0.3) is 5.92 Å². The Kier molecular flexibility index (Phi) is 3.29. The van der Waals surface area contributed by atoms with Crippen LogP contribution in [-0.2, 0) is 5.92 Å². The summed E-state index contributed by atoms with van der Waals surface area (Å²) in [5.41, 5.74) is 1.04. The molecule has 84 valence electrons. The summed E-state index contributed by atoms with van der Waals surface area (Å²) in [7, 11) is 0. The third-order valence-electron chi connectivity index (χ3n) is 2.43. The van der Waals surface area contributed by atoms with Crippen LogP contribution >= 0.6 is 0 Å². The standard InChI is InChI=1S/C11H14F2O2/c1-7-5-9(10(15)6-8(7)2)11(12,13)3-4-14/h5-6,14-15H,3-4H2,1-2H3. The van der Waals surface area contributed by atoms with Crippen molar-refractivity contribution >= 4 is 0 Å². The number of phenols is 1. The van der Waals surface area contributed by atoms with Crippen molar-refractivity contribution in [2.45, 2.75) is 26.2 Å². The van der Waals surface area contributed by atoms with Crippen molar-refractivity contribution in [1.82, 2.24) is 0 Å². The Bertz CT molecular complexity index is 362. The Morgan fingerprint density at radius 1 is 1.20 bits per heavy atom. The predicted octanol–water partition coefficient (Wildman–Crippen LogP) is 2.48. The van der Waals surface area contributed by atoms with Crippen molar-refractivity contribution in [1.29, 1.82) is 0 Å². The molecule has 0 aromatic heterocycles. The second kappa shape index (κ2) is 4.14. The SMILES string of the molecule is Cc1cc(O)c(C(F)(F)CCO)cc1C. The van der Waals surface area contributed by atoms with Crippen LogP contribution < -0.4 is 0 Å². The third-order valence-corrected chi connectivity index (χ3v) is 2.43. The first kappa shape index (κ1) is 11.9. The predicted molar refractivity (Wildman–Crippen MR) is 53.2 cm³/mol. The van der Waals surface area contributed by atoms with Crippen LogP contribution in [0.25, 0.3) is 0 Å². The van der Waals surface area contributed by atoms with Gasteiger partial charge in [0, 0.05) is 13.0 Å². The minimum absolute atomic E-state index is 0.417. The maximum atomic E-state index is 13.4. The number of hydrogen-bond acceptors (Lipinski definition) is 2. The molecule has 0 spiro atoms. The van der Waals surface area contributed by atoms with Crippen LogP contribution in [0, 0.1) is 13.8 Å². The summed E-state index contributed by atoms with van der Waals surface area (Å²) >= 11 is 0. The molecule has 1 rings (SSSR count). The van der Waals surface area contributed by atoms with Crippen molar-refractivity contribution in [3.8, 4) is 5.75 Å². The van der Waals surface area contributed by atoms with Gasteiger partial charge in [-0.25, -0.2) is 8.78 Å². The minimum atomic E-state index is -3.18. The molecule has 15 heavy (non-hydrogen) atoms. The first-order chi connectivity index (χ1) is 6.88. The highest BCUT2D eigenvalue weighted by Crippen LogP contribution is 2.38. The summed E-state index contributed by atoms with van der Waals surface area (Å²) in [4.78, 5) is 0. The quantitative estimate of drug-likeness (QED) is 0.814. The van der Waals surface area contributed by atoms with Gasteiger partial charge in [0.05, 0.1) is 5.56 Å². The molecule has 0 atom stereocenters. The average molecular weight is 216 g/mol. The van der Waals surface area contributed by atoms with Crippen molar-refractivity contribution in [3.63, 3.8) is 0 Å². The number of aryl methyl sites for hydroxylation is 2. The lowest BCUT2D eigenvalue weighted by Crippen LogP contribution is -2.15. The number of aromatic hydroxyl groups is 1. The van der Waals surface area contributed by atoms with Gasteiger partial charge in [-0.1, -0.05) is 0 Å². The van der Waals surface area contributed by atoms with Gasteiger partial charge in [0.1, 0.15) is 5.75 Å². The molecule has 2 N–H and O–H groups in total. The molecule has 0 aliphatic heterocycles. The topological polar surface area (TPSA) is 40.5 Å². The number of hydrogen-bond donors (Lipinski definition) is 2. The number of phenolic OH excluding ortho intramolecular Hbond substituents is 1. The van der Waals surface area contributed by atoms with Crippen molar-refractivity contribution in [2.75, 3.05) is 6.61 Å². The molecule has 0 unspecified atom stereocenters. The van der Waals surface area contributed by atoms with Gasteiger partial charge in [0.15, 0.2) is 0 Å². The fourth-order valence-corrected chi connectivity index (χ4v) is 1.37. The molecule has 0 fully saturated rings. The second-order valence-corrected chi connectivity index (χ2v) is 3.63. The van der Waals surface area contributed by atoms with E-state index in [1.165, 1.54) is 12.1 Å². The van der Waals surface area contributed by atoms with E-state index < -0.39 is 30.3 Å². The van der Waals surface area contributed by atoms with E-state index in [1.807, 2.05) is 0 Å². The molecule has 0 bridgehead atoms. The molecule has 4 heteroatoms. The van der Waals surface area contributed by atoms with E-state index in [4.69, 9.17) is 5.11 Å². The molecule has 1 aromatic rings. The van der Waals surface area contributed by atoms with E-state index in [0.717, 1.165) is 5.56 Å². The molecule has 0 saturated carbocycles. The highest BCUT2D eigenvalue weighted by atomic mass is 19.3. The number of aliphatic hydroxyl groups is 1. The van der Waals surface area contributed by atoms with E-state index in [-0.39, 0.29) is 0 Å². The van der Waals surface area contributed by atoms with E-state index >= 15 is 0 Å². The van der Waals surface area contributed by atoms with E-state index in [0.29, 0.717) is 5.56 Å². The molecule has 2 nitrogen and oxygen atoms in total. The minimum Gasteiger partial charge on any atom is -0.507 e. The Labute approximate surface area is 87.2 Å². The highest BCUT2D eigenvalue weighted by Gasteiger charge is 2.33. The Morgan fingerprint density at radius 2 is 1.73 bits per heavy atom. The van der Waals surface area contributed by atoms with Gasteiger partial charge in [-0.15, -0.1) is 0 Å². The molecular weight excluding hydrogens is 202 g/mol. The lowest BCUT2D eigenvalue weighted by molar-refractivity contribution is -0.0287. The van der Waals surface area contributed by atoms with E-state index in [2.05, 4.69) is 0 Å². The summed E-state index contributed by atoms with van der Waals surface area (Å²) < 4.78 is 26.8. The molecular formula is C11H14F2O2. The third kappa shape index (κ3) is 2.45.